The van der Waals surface area contributed by atoms with E-state index in [1.165, 1.54) is 0 Å². The molecule has 1 aromatic heterocycles. The van der Waals surface area contributed by atoms with Crippen molar-refractivity contribution in [1.82, 2.24) is 21.3 Å². The number of nitrogens with zero attached hydrogens (tertiary/aromatic N) is 1. The topological polar surface area (TPSA) is 107 Å². The van der Waals surface area contributed by atoms with Crippen LogP contribution in [0.5, 0.6) is 11.5 Å². The molecule has 9 nitrogen and oxygen atoms in total. The highest BCUT2D eigenvalue weighted by Crippen LogP contribution is 2.33. The molecule has 3 N–H and O–H groups in total. The lowest BCUT2D eigenvalue weighted by Crippen LogP contribution is -2.43. The van der Waals surface area contributed by atoms with Crippen molar-refractivity contribution in [2.45, 2.75) is 32.6 Å². The smallest absolute Gasteiger partial charge is 0.287 e. The number of aryl methyl sites for hydroxylation is 1. The van der Waals surface area contributed by atoms with Crippen LogP contribution in [0.15, 0.2) is 95.5 Å². The SMILES string of the molecule is CCOc1ccccc1O[C@H](c1ccccc1)[C@H]1CNCCO1.Cc1cc(C(=O)NNCc2ccccc2)no1. The molecule has 2 atom stereocenters. The lowest BCUT2D eigenvalue weighted by atomic mass is 10.0. The first-order valence-corrected chi connectivity index (χ1v) is 13.4. The Morgan fingerprint density at radius 1 is 1.02 bits per heavy atom. The van der Waals surface area contributed by atoms with E-state index in [2.05, 4.69) is 33.5 Å². The predicted octanol–water partition coefficient (Wildman–Crippen LogP) is 4.61. The maximum Gasteiger partial charge on any atom is 0.287 e. The summed E-state index contributed by atoms with van der Waals surface area (Å²) in [4.78, 5) is 11.6. The van der Waals surface area contributed by atoms with Crippen molar-refractivity contribution in [1.29, 1.82) is 0 Å². The number of ether oxygens (including phenoxy) is 3. The molecule has 0 spiro atoms. The van der Waals surface area contributed by atoms with Crippen LogP contribution in [0.2, 0.25) is 0 Å². The zero-order valence-electron chi connectivity index (χ0n) is 22.8. The third-order valence-corrected chi connectivity index (χ3v) is 6.02. The minimum absolute atomic E-state index is 0.0270. The molecule has 1 aliphatic heterocycles. The molecule has 40 heavy (non-hydrogen) atoms. The summed E-state index contributed by atoms with van der Waals surface area (Å²) in [6.07, 6.45) is -0.202. The van der Waals surface area contributed by atoms with Crippen molar-refractivity contribution in [3.8, 4) is 11.5 Å². The molecular formula is C31H36N4O5. The number of nitrogens with one attached hydrogen (secondary N) is 3. The van der Waals surface area contributed by atoms with Crippen LogP contribution >= 0.6 is 0 Å². The van der Waals surface area contributed by atoms with Crippen LogP contribution in [0.25, 0.3) is 0 Å². The predicted molar refractivity (Wildman–Crippen MR) is 152 cm³/mol. The maximum atomic E-state index is 11.6. The average Bonchev–Trinajstić information content (AvgIpc) is 3.45. The highest BCUT2D eigenvalue weighted by Gasteiger charge is 2.28. The number of hydrogen-bond donors (Lipinski definition) is 3. The molecule has 0 saturated carbocycles. The van der Waals surface area contributed by atoms with Crippen LogP contribution in [-0.4, -0.2) is 43.5 Å². The van der Waals surface area contributed by atoms with Gasteiger partial charge in [0.15, 0.2) is 23.3 Å². The Bertz CT molecular complexity index is 1290. The van der Waals surface area contributed by atoms with Gasteiger partial charge in [-0.1, -0.05) is 78.0 Å². The van der Waals surface area contributed by atoms with E-state index in [9.17, 15) is 4.79 Å². The molecule has 1 aliphatic rings. The summed E-state index contributed by atoms with van der Waals surface area (Å²) >= 11 is 0. The minimum atomic E-state index is -0.308. The summed E-state index contributed by atoms with van der Waals surface area (Å²) < 4.78 is 22.8. The number of carbonyl (C=O) groups excluding carboxylic acids is 1. The molecule has 9 heteroatoms. The van der Waals surface area contributed by atoms with Crippen LogP contribution < -0.4 is 25.6 Å². The van der Waals surface area contributed by atoms with E-state index in [0.717, 1.165) is 35.7 Å². The Balaban J connectivity index is 0.000000194. The third-order valence-electron chi connectivity index (χ3n) is 6.02. The van der Waals surface area contributed by atoms with Gasteiger partial charge in [-0.2, -0.15) is 0 Å². The van der Waals surface area contributed by atoms with Gasteiger partial charge in [-0.15, -0.1) is 0 Å². The van der Waals surface area contributed by atoms with Gasteiger partial charge in [0.25, 0.3) is 5.91 Å². The molecule has 2 heterocycles. The molecule has 0 radical (unpaired) electrons. The highest BCUT2D eigenvalue weighted by atomic mass is 16.6. The second-order valence-electron chi connectivity index (χ2n) is 9.06. The first-order chi connectivity index (χ1) is 19.6. The minimum Gasteiger partial charge on any atom is -0.490 e. The normalized spacial score (nSPS) is 15.3. The molecule has 210 valence electrons. The quantitative estimate of drug-likeness (QED) is 0.249. The molecule has 1 fully saturated rings. The number of para-hydroxylation sites is 2. The van der Waals surface area contributed by atoms with Gasteiger partial charge in [0.05, 0.1) is 13.2 Å². The number of amides is 1. The van der Waals surface area contributed by atoms with Crippen molar-refractivity contribution >= 4 is 5.91 Å². The molecule has 3 aromatic carbocycles. The molecule has 0 bridgehead atoms. The summed E-state index contributed by atoms with van der Waals surface area (Å²) in [7, 11) is 0. The first kappa shape index (κ1) is 28.8. The van der Waals surface area contributed by atoms with Gasteiger partial charge in [-0.3, -0.25) is 10.2 Å². The second-order valence-corrected chi connectivity index (χ2v) is 9.06. The van der Waals surface area contributed by atoms with E-state index in [0.29, 0.717) is 25.5 Å². The van der Waals surface area contributed by atoms with Gasteiger partial charge in [-0.25, -0.2) is 5.43 Å². The first-order valence-electron chi connectivity index (χ1n) is 13.4. The Morgan fingerprint density at radius 2 is 1.73 bits per heavy atom. The lowest BCUT2D eigenvalue weighted by molar-refractivity contribution is -0.0439. The van der Waals surface area contributed by atoms with Crippen molar-refractivity contribution in [2.24, 2.45) is 0 Å². The van der Waals surface area contributed by atoms with Gasteiger partial charge in [-0.05, 0) is 37.1 Å². The number of morpholine rings is 1. The van der Waals surface area contributed by atoms with Gasteiger partial charge in [0.2, 0.25) is 0 Å². The fraction of sp³-hybridized carbons (Fsp3) is 0.290. The van der Waals surface area contributed by atoms with E-state index in [4.69, 9.17) is 18.7 Å². The Morgan fingerprint density at radius 3 is 2.38 bits per heavy atom. The van der Waals surface area contributed by atoms with Gasteiger partial charge in [0.1, 0.15) is 11.9 Å². The Kier molecular flexibility index (Phi) is 11.1. The summed E-state index contributed by atoms with van der Waals surface area (Å²) in [5.74, 6) is 1.81. The number of aromatic nitrogens is 1. The van der Waals surface area contributed by atoms with E-state index in [1.807, 2.05) is 79.7 Å². The van der Waals surface area contributed by atoms with Crippen molar-refractivity contribution in [3.05, 3.63) is 114 Å². The van der Waals surface area contributed by atoms with Gasteiger partial charge >= 0.3 is 0 Å². The molecule has 4 aromatic rings. The largest absolute Gasteiger partial charge is 0.490 e. The standard InChI is InChI=1S/C19H23NO3.C12H13N3O2/c1-2-21-16-10-6-7-11-17(16)23-19(15-8-4-3-5-9-15)18-14-20-12-13-22-18;1-9-7-11(15-17-9)12(16)14-13-8-10-5-3-2-4-6-10/h3-11,18-20H,2,12-14H2,1H3;2-7,13H,8H2,1H3,(H,14,16)/t18-,19-;/m1./s1. The maximum absolute atomic E-state index is 11.6. The summed E-state index contributed by atoms with van der Waals surface area (Å²) in [5.41, 5.74) is 7.84. The highest BCUT2D eigenvalue weighted by molar-refractivity contribution is 5.91. The van der Waals surface area contributed by atoms with E-state index >= 15 is 0 Å². The van der Waals surface area contributed by atoms with E-state index in [1.54, 1.807) is 13.0 Å². The third kappa shape index (κ3) is 8.67. The second kappa shape index (κ2) is 15.4. The summed E-state index contributed by atoms with van der Waals surface area (Å²) in [6.45, 7) is 7.23. The van der Waals surface area contributed by atoms with E-state index < -0.39 is 0 Å². The number of hydrazine groups is 1. The Labute approximate surface area is 234 Å². The molecule has 0 aliphatic carbocycles. The van der Waals surface area contributed by atoms with Crippen LogP contribution in [0.3, 0.4) is 0 Å². The zero-order chi connectivity index (χ0) is 28.0. The van der Waals surface area contributed by atoms with Crippen molar-refractivity contribution in [3.63, 3.8) is 0 Å². The number of benzene rings is 3. The molecule has 1 amide bonds. The molecule has 5 rings (SSSR count). The van der Waals surface area contributed by atoms with Crippen molar-refractivity contribution < 1.29 is 23.5 Å². The van der Waals surface area contributed by atoms with Crippen LogP contribution in [-0.2, 0) is 11.3 Å². The van der Waals surface area contributed by atoms with Crippen LogP contribution in [0.4, 0.5) is 0 Å². The van der Waals surface area contributed by atoms with Crippen LogP contribution in [0.1, 0.15) is 40.4 Å². The van der Waals surface area contributed by atoms with Gasteiger partial charge in [0, 0.05) is 25.7 Å². The fourth-order valence-electron chi connectivity index (χ4n) is 4.10. The van der Waals surface area contributed by atoms with Crippen molar-refractivity contribution in [2.75, 3.05) is 26.3 Å². The lowest BCUT2D eigenvalue weighted by Gasteiger charge is -2.32. The number of hydrogen-bond acceptors (Lipinski definition) is 8. The fourth-order valence-corrected chi connectivity index (χ4v) is 4.10. The zero-order valence-corrected chi connectivity index (χ0v) is 22.8. The molecular weight excluding hydrogens is 508 g/mol. The van der Waals surface area contributed by atoms with Crippen LogP contribution in [0, 0.1) is 6.92 Å². The summed E-state index contributed by atoms with van der Waals surface area (Å²) in [5, 5.41) is 6.99. The Hall–Kier alpha value is -4.18. The average molecular weight is 545 g/mol. The number of rotatable bonds is 10. The van der Waals surface area contributed by atoms with E-state index in [-0.39, 0.29) is 23.8 Å². The molecule has 1 saturated heterocycles. The van der Waals surface area contributed by atoms with Gasteiger partial charge < -0.3 is 24.1 Å². The monoisotopic (exact) mass is 544 g/mol. The summed E-state index contributed by atoms with van der Waals surface area (Å²) in [6, 6.07) is 29.4. The molecule has 0 unspecified atom stereocenters. The number of carbonyl (C=O) groups is 1.